The van der Waals surface area contributed by atoms with Gasteiger partial charge in [-0.15, -0.1) is 0 Å². The molecular formula is C10H19NO4. The van der Waals surface area contributed by atoms with Gasteiger partial charge in [-0.25, -0.2) is 0 Å². The zero-order valence-corrected chi connectivity index (χ0v) is 9.36. The van der Waals surface area contributed by atoms with Crippen LogP contribution in [0.2, 0.25) is 0 Å². The van der Waals surface area contributed by atoms with Crippen molar-refractivity contribution in [2.24, 2.45) is 0 Å². The molecule has 0 heterocycles. The first kappa shape index (κ1) is 13.9. The van der Waals surface area contributed by atoms with E-state index in [2.05, 4.69) is 0 Å². The SMILES string of the molecule is CCCN(CC(=O)O)C(=O)CCCOC. The lowest BCUT2D eigenvalue weighted by atomic mass is 10.2. The average molecular weight is 217 g/mol. The number of hydrogen-bond donors (Lipinski definition) is 1. The van der Waals surface area contributed by atoms with Crippen LogP contribution in [0.4, 0.5) is 0 Å². The number of hydrogen-bond acceptors (Lipinski definition) is 3. The molecule has 0 aromatic rings. The van der Waals surface area contributed by atoms with Crippen molar-refractivity contribution < 1.29 is 19.4 Å². The van der Waals surface area contributed by atoms with Gasteiger partial charge in [-0.05, 0) is 12.8 Å². The molecular weight excluding hydrogens is 198 g/mol. The van der Waals surface area contributed by atoms with Gasteiger partial charge in [-0.2, -0.15) is 0 Å². The van der Waals surface area contributed by atoms with E-state index in [0.29, 0.717) is 26.0 Å². The standard InChI is InChI=1S/C10H19NO4/c1-3-6-11(8-10(13)14)9(12)5-4-7-15-2/h3-8H2,1-2H3,(H,13,14). The highest BCUT2D eigenvalue weighted by molar-refractivity contribution is 5.81. The van der Waals surface area contributed by atoms with E-state index in [1.54, 1.807) is 7.11 Å². The molecule has 5 heteroatoms. The minimum Gasteiger partial charge on any atom is -0.480 e. The number of carbonyl (C=O) groups excluding carboxylic acids is 1. The smallest absolute Gasteiger partial charge is 0.323 e. The molecule has 0 aromatic carbocycles. The normalized spacial score (nSPS) is 10.0. The topological polar surface area (TPSA) is 66.8 Å². The number of aliphatic carboxylic acids is 1. The fourth-order valence-electron chi connectivity index (χ4n) is 1.25. The molecule has 0 saturated carbocycles. The van der Waals surface area contributed by atoms with Crippen LogP contribution in [-0.4, -0.2) is 48.7 Å². The Bertz CT molecular complexity index is 206. The maximum atomic E-state index is 11.6. The number of amides is 1. The van der Waals surface area contributed by atoms with Gasteiger partial charge in [0.25, 0.3) is 0 Å². The molecule has 15 heavy (non-hydrogen) atoms. The molecule has 0 aliphatic carbocycles. The molecule has 0 bridgehead atoms. The van der Waals surface area contributed by atoms with Crippen LogP contribution in [0.25, 0.3) is 0 Å². The lowest BCUT2D eigenvalue weighted by Crippen LogP contribution is -2.36. The van der Waals surface area contributed by atoms with Gasteiger partial charge < -0.3 is 14.7 Å². The van der Waals surface area contributed by atoms with Crippen molar-refractivity contribution in [3.05, 3.63) is 0 Å². The minimum absolute atomic E-state index is 0.115. The molecule has 0 unspecified atom stereocenters. The van der Waals surface area contributed by atoms with Crippen molar-refractivity contribution in [1.29, 1.82) is 0 Å². The van der Waals surface area contributed by atoms with Gasteiger partial charge >= 0.3 is 5.97 Å². The first-order chi connectivity index (χ1) is 7.11. The van der Waals surface area contributed by atoms with E-state index in [-0.39, 0.29) is 12.5 Å². The van der Waals surface area contributed by atoms with Crippen molar-refractivity contribution in [3.63, 3.8) is 0 Å². The van der Waals surface area contributed by atoms with Crippen molar-refractivity contribution in [2.45, 2.75) is 26.2 Å². The number of methoxy groups -OCH3 is 1. The number of nitrogens with zero attached hydrogens (tertiary/aromatic N) is 1. The Kier molecular flexibility index (Phi) is 7.62. The summed E-state index contributed by atoms with van der Waals surface area (Å²) in [6.07, 6.45) is 1.75. The fourth-order valence-corrected chi connectivity index (χ4v) is 1.25. The molecule has 0 fully saturated rings. The Morgan fingerprint density at radius 3 is 2.53 bits per heavy atom. The summed E-state index contributed by atoms with van der Waals surface area (Å²) in [6.45, 7) is 2.73. The van der Waals surface area contributed by atoms with Crippen LogP contribution in [0, 0.1) is 0 Å². The van der Waals surface area contributed by atoms with Gasteiger partial charge in [0.1, 0.15) is 6.54 Å². The summed E-state index contributed by atoms with van der Waals surface area (Å²) in [6, 6.07) is 0. The molecule has 0 rings (SSSR count). The highest BCUT2D eigenvalue weighted by atomic mass is 16.5. The average Bonchev–Trinajstić information content (AvgIpc) is 2.17. The number of rotatable bonds is 8. The number of ether oxygens (including phenoxy) is 1. The van der Waals surface area contributed by atoms with Crippen LogP contribution in [0.5, 0.6) is 0 Å². The third-order valence-corrected chi connectivity index (χ3v) is 1.91. The molecule has 5 nitrogen and oxygen atoms in total. The summed E-state index contributed by atoms with van der Waals surface area (Å²) in [5.74, 6) is -1.08. The molecule has 0 radical (unpaired) electrons. The Morgan fingerprint density at radius 1 is 1.40 bits per heavy atom. The van der Waals surface area contributed by atoms with E-state index in [9.17, 15) is 9.59 Å². The van der Waals surface area contributed by atoms with E-state index in [1.807, 2.05) is 6.92 Å². The molecule has 0 aliphatic heterocycles. The van der Waals surface area contributed by atoms with Gasteiger partial charge in [-0.1, -0.05) is 6.92 Å². The second kappa shape index (κ2) is 8.23. The first-order valence-corrected chi connectivity index (χ1v) is 5.10. The predicted octanol–water partition coefficient (Wildman–Crippen LogP) is 0.736. The third kappa shape index (κ3) is 6.90. The molecule has 0 spiro atoms. The molecule has 0 aliphatic rings. The number of carboxylic acids is 1. The summed E-state index contributed by atoms with van der Waals surface area (Å²) in [5, 5.41) is 8.61. The van der Waals surface area contributed by atoms with Crippen molar-refractivity contribution in [1.82, 2.24) is 4.90 Å². The van der Waals surface area contributed by atoms with Crippen molar-refractivity contribution in [2.75, 3.05) is 26.8 Å². The van der Waals surface area contributed by atoms with Gasteiger partial charge in [0, 0.05) is 26.7 Å². The van der Waals surface area contributed by atoms with Gasteiger partial charge in [0.15, 0.2) is 0 Å². The Balaban J connectivity index is 3.98. The quantitative estimate of drug-likeness (QED) is 0.609. The van der Waals surface area contributed by atoms with Gasteiger partial charge in [-0.3, -0.25) is 9.59 Å². The van der Waals surface area contributed by atoms with Crippen LogP contribution in [0.3, 0.4) is 0 Å². The lowest BCUT2D eigenvalue weighted by molar-refractivity contribution is -0.144. The van der Waals surface area contributed by atoms with Crippen LogP contribution < -0.4 is 0 Å². The van der Waals surface area contributed by atoms with Gasteiger partial charge in [0.2, 0.25) is 5.91 Å². The van der Waals surface area contributed by atoms with Crippen LogP contribution in [0.1, 0.15) is 26.2 Å². The molecule has 0 atom stereocenters. The zero-order valence-electron chi connectivity index (χ0n) is 9.36. The Morgan fingerprint density at radius 2 is 2.07 bits per heavy atom. The molecule has 0 saturated heterocycles. The zero-order chi connectivity index (χ0) is 11.7. The van der Waals surface area contributed by atoms with E-state index < -0.39 is 5.97 Å². The summed E-state index contributed by atoms with van der Waals surface area (Å²) in [5.41, 5.74) is 0. The van der Waals surface area contributed by atoms with E-state index in [1.165, 1.54) is 4.90 Å². The summed E-state index contributed by atoms with van der Waals surface area (Å²) < 4.78 is 4.83. The highest BCUT2D eigenvalue weighted by Crippen LogP contribution is 1.99. The van der Waals surface area contributed by atoms with Crippen molar-refractivity contribution in [3.8, 4) is 0 Å². The molecule has 88 valence electrons. The largest absolute Gasteiger partial charge is 0.480 e. The van der Waals surface area contributed by atoms with E-state index in [0.717, 1.165) is 6.42 Å². The lowest BCUT2D eigenvalue weighted by Gasteiger charge is -2.19. The summed E-state index contributed by atoms with van der Waals surface area (Å²) in [7, 11) is 1.57. The van der Waals surface area contributed by atoms with Crippen LogP contribution >= 0.6 is 0 Å². The van der Waals surface area contributed by atoms with E-state index in [4.69, 9.17) is 9.84 Å². The molecule has 1 amide bonds. The maximum absolute atomic E-state index is 11.6. The van der Waals surface area contributed by atoms with Crippen LogP contribution in [-0.2, 0) is 14.3 Å². The molecule has 0 aromatic heterocycles. The highest BCUT2D eigenvalue weighted by Gasteiger charge is 2.14. The first-order valence-electron chi connectivity index (χ1n) is 5.10. The number of carbonyl (C=O) groups is 2. The monoisotopic (exact) mass is 217 g/mol. The molecule has 1 N–H and O–H groups in total. The third-order valence-electron chi connectivity index (χ3n) is 1.91. The predicted molar refractivity (Wildman–Crippen MR) is 55.6 cm³/mol. The van der Waals surface area contributed by atoms with Crippen molar-refractivity contribution >= 4 is 11.9 Å². The maximum Gasteiger partial charge on any atom is 0.323 e. The summed E-state index contributed by atoms with van der Waals surface area (Å²) in [4.78, 5) is 23.4. The summed E-state index contributed by atoms with van der Waals surface area (Å²) >= 11 is 0. The second-order valence-corrected chi connectivity index (χ2v) is 3.31. The second-order valence-electron chi connectivity index (χ2n) is 3.31. The Hall–Kier alpha value is -1.10. The number of carboxylic acid groups (broad SMARTS) is 1. The Labute approximate surface area is 90.0 Å². The van der Waals surface area contributed by atoms with Gasteiger partial charge in [0.05, 0.1) is 0 Å². The fraction of sp³-hybridized carbons (Fsp3) is 0.800. The van der Waals surface area contributed by atoms with Crippen LogP contribution in [0.15, 0.2) is 0 Å². The van der Waals surface area contributed by atoms with E-state index >= 15 is 0 Å². The minimum atomic E-state index is -0.969.